The second-order valence-corrected chi connectivity index (χ2v) is 5.22. The molecule has 0 radical (unpaired) electrons. The van der Waals surface area contributed by atoms with Crippen molar-refractivity contribution in [3.8, 4) is 23.6 Å². The van der Waals surface area contributed by atoms with Gasteiger partial charge >= 0.3 is 0 Å². The van der Waals surface area contributed by atoms with Crippen molar-refractivity contribution in [3.63, 3.8) is 0 Å². The zero-order valence-electron chi connectivity index (χ0n) is 13.8. The van der Waals surface area contributed by atoms with Crippen LogP contribution in [-0.4, -0.2) is 51.0 Å². The minimum absolute atomic E-state index is 0.0541. The fraction of sp³-hybridized carbons (Fsp3) is 0.444. The highest BCUT2D eigenvalue weighted by molar-refractivity contribution is 5.64. The van der Waals surface area contributed by atoms with Gasteiger partial charge in [-0.05, 0) is 30.7 Å². The molecule has 1 aliphatic heterocycles. The molecular weight excluding hydrogens is 306 g/mol. The summed E-state index contributed by atoms with van der Waals surface area (Å²) in [5, 5.41) is 17.7. The molecule has 0 aliphatic carbocycles. The smallest absolute Gasteiger partial charge is 0.161 e. The Morgan fingerprint density at radius 3 is 2.62 bits per heavy atom. The van der Waals surface area contributed by atoms with Crippen LogP contribution < -0.4 is 9.47 Å². The number of benzene rings is 1. The van der Waals surface area contributed by atoms with Crippen molar-refractivity contribution < 1.29 is 14.2 Å². The fourth-order valence-electron chi connectivity index (χ4n) is 2.37. The highest BCUT2D eigenvalue weighted by atomic mass is 16.5. The molecule has 0 N–H and O–H groups in total. The third kappa shape index (κ3) is 5.27. The summed E-state index contributed by atoms with van der Waals surface area (Å²) in [7, 11) is 0. The summed E-state index contributed by atoms with van der Waals surface area (Å²) in [6.45, 7) is 7.20. The van der Waals surface area contributed by atoms with Gasteiger partial charge < -0.3 is 14.2 Å². The van der Waals surface area contributed by atoms with Gasteiger partial charge in [0.15, 0.2) is 11.5 Å². The van der Waals surface area contributed by atoms with Crippen molar-refractivity contribution in [1.29, 1.82) is 10.5 Å². The van der Waals surface area contributed by atoms with E-state index in [0.717, 1.165) is 38.4 Å². The Labute approximate surface area is 142 Å². The molecule has 2 rings (SSSR count). The molecule has 0 aromatic heterocycles. The number of morpholine rings is 1. The molecule has 24 heavy (non-hydrogen) atoms. The maximum Gasteiger partial charge on any atom is 0.161 e. The standard InChI is InChI=1S/C18H21N3O3/c1-2-23-18-12-15(11-16(13-19)14-20)3-4-17(18)24-10-7-21-5-8-22-9-6-21/h3-4,11-12H,2,5-10H2,1H3. The third-order valence-electron chi connectivity index (χ3n) is 3.59. The maximum atomic E-state index is 8.84. The largest absolute Gasteiger partial charge is 0.490 e. The second kappa shape index (κ2) is 9.57. The number of nitriles is 2. The highest BCUT2D eigenvalue weighted by Crippen LogP contribution is 2.29. The first-order valence-corrected chi connectivity index (χ1v) is 7.98. The van der Waals surface area contributed by atoms with Gasteiger partial charge in [-0.3, -0.25) is 4.90 Å². The van der Waals surface area contributed by atoms with Gasteiger partial charge in [0.1, 0.15) is 24.3 Å². The summed E-state index contributed by atoms with van der Waals surface area (Å²) in [5.41, 5.74) is 0.788. The van der Waals surface area contributed by atoms with Crippen molar-refractivity contribution in [2.75, 3.05) is 46.1 Å². The molecule has 1 fully saturated rings. The monoisotopic (exact) mass is 327 g/mol. The first-order valence-electron chi connectivity index (χ1n) is 7.98. The van der Waals surface area contributed by atoms with Gasteiger partial charge in [-0.2, -0.15) is 10.5 Å². The van der Waals surface area contributed by atoms with Crippen molar-refractivity contribution in [2.24, 2.45) is 0 Å². The van der Waals surface area contributed by atoms with E-state index in [1.165, 1.54) is 6.08 Å². The molecule has 0 atom stereocenters. The molecule has 1 aromatic carbocycles. The van der Waals surface area contributed by atoms with Crippen LogP contribution in [0.15, 0.2) is 23.8 Å². The molecule has 1 saturated heterocycles. The zero-order valence-corrected chi connectivity index (χ0v) is 13.8. The lowest BCUT2D eigenvalue weighted by molar-refractivity contribution is 0.0321. The maximum absolute atomic E-state index is 8.84. The molecule has 1 heterocycles. The SMILES string of the molecule is CCOc1cc(C=C(C#N)C#N)ccc1OCCN1CCOCC1. The van der Waals surface area contributed by atoms with Crippen LogP contribution in [0.5, 0.6) is 11.5 Å². The van der Waals surface area contributed by atoms with Crippen LogP contribution in [0.2, 0.25) is 0 Å². The lowest BCUT2D eigenvalue weighted by Crippen LogP contribution is -2.38. The molecule has 6 nitrogen and oxygen atoms in total. The van der Waals surface area contributed by atoms with Crippen LogP contribution in [0.3, 0.4) is 0 Å². The van der Waals surface area contributed by atoms with E-state index in [0.29, 0.717) is 24.7 Å². The molecule has 0 amide bonds. The molecule has 126 valence electrons. The van der Waals surface area contributed by atoms with Crippen LogP contribution >= 0.6 is 0 Å². The van der Waals surface area contributed by atoms with Crippen LogP contribution in [0, 0.1) is 22.7 Å². The number of rotatable bonds is 7. The van der Waals surface area contributed by atoms with Crippen LogP contribution in [0.4, 0.5) is 0 Å². The topological polar surface area (TPSA) is 78.5 Å². The summed E-state index contributed by atoms with van der Waals surface area (Å²) >= 11 is 0. The molecule has 6 heteroatoms. The minimum Gasteiger partial charge on any atom is -0.490 e. The number of ether oxygens (including phenoxy) is 3. The van der Waals surface area contributed by atoms with E-state index < -0.39 is 0 Å². The summed E-state index contributed by atoms with van der Waals surface area (Å²) in [5.74, 6) is 1.28. The van der Waals surface area contributed by atoms with E-state index in [2.05, 4.69) is 4.90 Å². The van der Waals surface area contributed by atoms with Crippen molar-refractivity contribution in [2.45, 2.75) is 6.92 Å². The Morgan fingerprint density at radius 2 is 1.96 bits per heavy atom. The quantitative estimate of drug-likeness (QED) is 0.715. The van der Waals surface area contributed by atoms with Crippen LogP contribution in [0.1, 0.15) is 12.5 Å². The minimum atomic E-state index is 0.0541. The molecule has 0 saturated carbocycles. The van der Waals surface area contributed by atoms with Gasteiger partial charge in [0.2, 0.25) is 0 Å². The van der Waals surface area contributed by atoms with Crippen molar-refractivity contribution in [1.82, 2.24) is 4.90 Å². The highest BCUT2D eigenvalue weighted by Gasteiger charge is 2.11. The number of nitrogens with zero attached hydrogens (tertiary/aromatic N) is 3. The van der Waals surface area contributed by atoms with Gasteiger partial charge in [0.25, 0.3) is 0 Å². The Morgan fingerprint density at radius 1 is 1.21 bits per heavy atom. The Kier molecular flexibility index (Phi) is 7.10. The van der Waals surface area contributed by atoms with E-state index in [-0.39, 0.29) is 5.57 Å². The molecule has 1 aromatic rings. The average Bonchev–Trinajstić information content (AvgIpc) is 2.62. The number of allylic oxidation sites excluding steroid dienone is 1. The van der Waals surface area contributed by atoms with Gasteiger partial charge in [-0.1, -0.05) is 6.07 Å². The Balaban J connectivity index is 2.02. The molecule has 0 unspecified atom stereocenters. The first kappa shape index (κ1) is 17.8. The van der Waals surface area contributed by atoms with E-state index in [1.54, 1.807) is 12.1 Å². The zero-order chi connectivity index (χ0) is 17.2. The summed E-state index contributed by atoms with van der Waals surface area (Å²) in [4.78, 5) is 2.30. The molecule has 0 bridgehead atoms. The van der Waals surface area contributed by atoms with E-state index >= 15 is 0 Å². The lowest BCUT2D eigenvalue weighted by Gasteiger charge is -2.26. The average molecular weight is 327 g/mol. The molecule has 0 spiro atoms. The summed E-state index contributed by atoms with van der Waals surface area (Å²) in [6.07, 6.45) is 1.53. The summed E-state index contributed by atoms with van der Waals surface area (Å²) < 4.78 is 16.8. The predicted octanol–water partition coefficient (Wildman–Crippen LogP) is 2.23. The third-order valence-corrected chi connectivity index (χ3v) is 3.59. The van der Waals surface area contributed by atoms with Crippen molar-refractivity contribution in [3.05, 3.63) is 29.3 Å². The fourth-order valence-corrected chi connectivity index (χ4v) is 2.37. The van der Waals surface area contributed by atoms with Gasteiger partial charge in [0, 0.05) is 19.6 Å². The first-order chi connectivity index (χ1) is 11.8. The molecule has 1 aliphatic rings. The van der Waals surface area contributed by atoms with E-state index in [1.807, 2.05) is 25.1 Å². The van der Waals surface area contributed by atoms with Crippen LogP contribution in [-0.2, 0) is 4.74 Å². The number of hydrogen-bond donors (Lipinski definition) is 0. The van der Waals surface area contributed by atoms with E-state index in [4.69, 9.17) is 24.7 Å². The van der Waals surface area contributed by atoms with E-state index in [9.17, 15) is 0 Å². The Hall–Kier alpha value is -2.54. The molecular formula is C18H21N3O3. The summed E-state index contributed by atoms with van der Waals surface area (Å²) in [6, 6.07) is 9.09. The van der Waals surface area contributed by atoms with Crippen molar-refractivity contribution >= 4 is 6.08 Å². The lowest BCUT2D eigenvalue weighted by atomic mass is 10.1. The number of hydrogen-bond acceptors (Lipinski definition) is 6. The predicted molar refractivity (Wildman–Crippen MR) is 89.6 cm³/mol. The van der Waals surface area contributed by atoms with Crippen LogP contribution in [0.25, 0.3) is 6.08 Å². The Bertz CT molecular complexity index is 636. The second-order valence-electron chi connectivity index (χ2n) is 5.22. The van der Waals surface area contributed by atoms with Gasteiger partial charge in [0.05, 0.1) is 19.8 Å². The van der Waals surface area contributed by atoms with Gasteiger partial charge in [-0.25, -0.2) is 0 Å². The normalized spacial score (nSPS) is 14.3. The van der Waals surface area contributed by atoms with Gasteiger partial charge in [-0.15, -0.1) is 0 Å².